The molecule has 0 unspecified atom stereocenters. The van der Waals surface area contributed by atoms with Crippen LogP contribution >= 0.6 is 0 Å². The van der Waals surface area contributed by atoms with Crippen molar-refractivity contribution in [1.82, 2.24) is 0 Å². The van der Waals surface area contributed by atoms with Gasteiger partial charge in [0.05, 0.1) is 79.3 Å². The second-order valence-electron chi connectivity index (χ2n) is 11.9. The number of hydrogen-bond donors (Lipinski definition) is 2. The van der Waals surface area contributed by atoms with Crippen LogP contribution < -0.4 is 59.1 Å². The fraction of sp³-hybridized carbons (Fsp3) is 1.00. The number of rotatable bonds is 38. The van der Waals surface area contributed by atoms with Crippen LogP contribution in [0.15, 0.2) is 0 Å². The Hall–Kier alpha value is 1.55. The molecule has 0 saturated heterocycles. The van der Waals surface area contributed by atoms with Crippen molar-refractivity contribution < 1.29 is 115 Å². The first kappa shape index (κ1) is 61.8. The first-order chi connectivity index (χ1) is 23.8. The number of aliphatic hydroxyl groups is 2. The summed E-state index contributed by atoms with van der Waals surface area (Å²) in [6.07, 6.45) is 28.2. The van der Waals surface area contributed by atoms with Gasteiger partial charge in [-0.2, -0.15) is 0 Å². The summed E-state index contributed by atoms with van der Waals surface area (Å²) in [5, 5.41) is 16.9. The van der Waals surface area contributed by atoms with E-state index in [1.165, 1.54) is 128 Å². The van der Waals surface area contributed by atoms with E-state index < -0.39 is 10.4 Å². The van der Waals surface area contributed by atoms with Crippen molar-refractivity contribution >= 4 is 10.4 Å². The molecule has 0 heterocycles. The molecular formula is C36H76Na2O12S. The number of hydrogen-bond acceptors (Lipinski definition) is 12. The molecule has 0 atom stereocenters. The second-order valence-corrected chi connectivity index (χ2v) is 12.7. The molecule has 15 heteroatoms. The molecule has 0 bridgehead atoms. The molecule has 0 spiro atoms. The summed E-state index contributed by atoms with van der Waals surface area (Å²) < 4.78 is 65.6. The smallest absolute Gasteiger partial charge is 0.759 e. The first-order valence-electron chi connectivity index (χ1n) is 19.2. The van der Waals surface area contributed by atoms with Gasteiger partial charge in [-0.25, -0.2) is 0 Å². The van der Waals surface area contributed by atoms with Gasteiger partial charge in [-0.05, 0) is 12.8 Å². The minimum Gasteiger partial charge on any atom is -0.759 e. The van der Waals surface area contributed by atoms with E-state index in [2.05, 4.69) is 13.8 Å². The summed E-state index contributed by atoms with van der Waals surface area (Å²) in [6.45, 7) is 11.4. The van der Waals surface area contributed by atoms with E-state index >= 15 is 0 Å². The molecule has 0 aliphatic rings. The standard InChI is InChI=1S/C24H50O.C12H26O7.2Na.H2O4S/c1-3-5-7-9-11-13-15-17-19-21-23-25-24-22-20-18-16-14-12-10-8-6-4-2;13-1-3-15-5-7-17-9-11-19-12-10-18-8-6-16-4-2-14;;;1-5(2,3)4/h3-24H2,1-2H3;13-14H,1-12H2;;;(H2,1,2,3,4)/q;;2*+1;/p-2. The molecule has 51 heavy (non-hydrogen) atoms. The van der Waals surface area contributed by atoms with Crippen LogP contribution in [0.4, 0.5) is 0 Å². The maximum atomic E-state index is 8.52. The summed E-state index contributed by atoms with van der Waals surface area (Å²) in [5.41, 5.74) is 0. The van der Waals surface area contributed by atoms with Crippen LogP contribution in [0.2, 0.25) is 0 Å². The zero-order valence-electron chi connectivity index (χ0n) is 33.4. The normalized spacial score (nSPS) is 10.8. The van der Waals surface area contributed by atoms with Crippen LogP contribution in [0.5, 0.6) is 0 Å². The third-order valence-electron chi connectivity index (χ3n) is 7.24. The van der Waals surface area contributed by atoms with Crippen molar-refractivity contribution in [3.8, 4) is 0 Å². The molecule has 0 fully saturated rings. The van der Waals surface area contributed by atoms with Gasteiger partial charge in [0.15, 0.2) is 0 Å². The third kappa shape index (κ3) is 80.9. The second kappa shape index (κ2) is 58.3. The molecule has 0 aromatic carbocycles. The SMILES string of the molecule is CCCCCCCCCCCCOCCCCCCCCCCCC.O=S(=O)([O-])[O-].OCCOCCOCCOCCOCCOCCO.[Na+].[Na+]. The van der Waals surface area contributed by atoms with E-state index in [0.29, 0.717) is 66.1 Å². The molecule has 0 radical (unpaired) electrons. The minimum absolute atomic E-state index is 0. The predicted octanol–water partition coefficient (Wildman–Crippen LogP) is 0.569. The van der Waals surface area contributed by atoms with Crippen molar-refractivity contribution in [3.05, 3.63) is 0 Å². The average Bonchev–Trinajstić information content (AvgIpc) is 3.07. The fourth-order valence-corrected chi connectivity index (χ4v) is 4.60. The summed E-state index contributed by atoms with van der Waals surface area (Å²) in [6, 6.07) is 0. The van der Waals surface area contributed by atoms with E-state index in [1.807, 2.05) is 0 Å². The van der Waals surface area contributed by atoms with Crippen molar-refractivity contribution in [2.45, 2.75) is 142 Å². The van der Waals surface area contributed by atoms with Gasteiger partial charge in [-0.3, -0.25) is 8.42 Å². The Labute approximate surface area is 357 Å². The Kier molecular flexibility index (Phi) is 70.6. The van der Waals surface area contributed by atoms with Crippen molar-refractivity contribution in [2.75, 3.05) is 92.5 Å². The largest absolute Gasteiger partial charge is 1.00 e. The number of unbranched alkanes of at least 4 members (excludes halogenated alkanes) is 18. The van der Waals surface area contributed by atoms with Gasteiger partial charge in [-0.15, -0.1) is 0 Å². The zero-order chi connectivity index (χ0) is 36.8. The molecule has 0 rings (SSSR count). The van der Waals surface area contributed by atoms with Crippen molar-refractivity contribution in [1.29, 1.82) is 0 Å². The minimum atomic E-state index is -5.17. The monoisotopic (exact) mass is 778 g/mol. The van der Waals surface area contributed by atoms with E-state index in [0.717, 1.165) is 13.2 Å². The van der Waals surface area contributed by atoms with Crippen molar-refractivity contribution in [3.63, 3.8) is 0 Å². The zero-order valence-corrected chi connectivity index (χ0v) is 38.2. The van der Waals surface area contributed by atoms with Gasteiger partial charge < -0.3 is 47.7 Å². The van der Waals surface area contributed by atoms with Crippen LogP contribution in [0.3, 0.4) is 0 Å². The van der Waals surface area contributed by atoms with Crippen LogP contribution in [-0.4, -0.2) is 120 Å². The Morgan fingerprint density at radius 2 is 0.529 bits per heavy atom. The molecule has 0 aromatic heterocycles. The molecule has 0 aromatic rings. The van der Waals surface area contributed by atoms with E-state index in [9.17, 15) is 0 Å². The maximum Gasteiger partial charge on any atom is 1.00 e. The first-order valence-corrected chi connectivity index (χ1v) is 20.5. The Morgan fingerprint density at radius 1 is 0.353 bits per heavy atom. The topological polar surface area (TPSA) is 176 Å². The summed E-state index contributed by atoms with van der Waals surface area (Å²) in [5.74, 6) is 0. The van der Waals surface area contributed by atoms with Gasteiger partial charge in [0.25, 0.3) is 0 Å². The summed E-state index contributed by atoms with van der Waals surface area (Å²) >= 11 is 0. The summed E-state index contributed by atoms with van der Waals surface area (Å²) in [4.78, 5) is 0. The molecule has 12 nitrogen and oxygen atoms in total. The molecule has 0 aliphatic carbocycles. The third-order valence-corrected chi connectivity index (χ3v) is 7.24. The summed E-state index contributed by atoms with van der Waals surface area (Å²) in [7, 11) is -5.17. The quantitative estimate of drug-likeness (QED) is 0.0387. The van der Waals surface area contributed by atoms with Crippen LogP contribution in [0.1, 0.15) is 142 Å². The Balaban J connectivity index is -0.000000241. The Morgan fingerprint density at radius 3 is 0.745 bits per heavy atom. The van der Waals surface area contributed by atoms with Crippen molar-refractivity contribution in [2.24, 2.45) is 0 Å². The fourth-order valence-electron chi connectivity index (χ4n) is 4.60. The van der Waals surface area contributed by atoms with Crippen LogP contribution in [0, 0.1) is 0 Å². The van der Waals surface area contributed by atoms with Gasteiger partial charge >= 0.3 is 59.1 Å². The van der Waals surface area contributed by atoms with Crippen LogP contribution in [-0.2, 0) is 38.8 Å². The molecule has 0 amide bonds. The maximum absolute atomic E-state index is 8.52. The van der Waals surface area contributed by atoms with Gasteiger partial charge in [0.2, 0.25) is 0 Å². The van der Waals surface area contributed by atoms with Crippen LogP contribution in [0.25, 0.3) is 0 Å². The molecule has 2 N–H and O–H groups in total. The van der Waals surface area contributed by atoms with Gasteiger partial charge in [0.1, 0.15) is 0 Å². The van der Waals surface area contributed by atoms with E-state index in [1.54, 1.807) is 0 Å². The average molecular weight is 779 g/mol. The molecule has 0 aliphatic heterocycles. The molecule has 300 valence electrons. The van der Waals surface area contributed by atoms with E-state index in [4.69, 9.17) is 56.2 Å². The van der Waals surface area contributed by atoms with E-state index in [-0.39, 0.29) is 72.3 Å². The molecular weight excluding hydrogens is 702 g/mol. The van der Waals surface area contributed by atoms with Gasteiger partial charge in [-0.1, -0.05) is 129 Å². The number of aliphatic hydroxyl groups excluding tert-OH is 2. The van der Waals surface area contributed by atoms with Gasteiger partial charge in [0, 0.05) is 23.6 Å². The molecule has 0 saturated carbocycles. The number of ether oxygens (including phenoxy) is 6. The Bertz CT molecular complexity index is 622. The predicted molar refractivity (Wildman–Crippen MR) is 193 cm³/mol.